The topological polar surface area (TPSA) is 72.7 Å². The van der Waals surface area contributed by atoms with E-state index in [1.807, 2.05) is 0 Å². The van der Waals surface area contributed by atoms with E-state index in [1.54, 1.807) is 29.7 Å². The molecule has 0 bridgehead atoms. The van der Waals surface area contributed by atoms with Crippen LogP contribution in [0.2, 0.25) is 5.15 Å². The summed E-state index contributed by atoms with van der Waals surface area (Å²) >= 11 is 9.08. The van der Waals surface area contributed by atoms with Gasteiger partial charge in [0.25, 0.3) is 0 Å². The first-order valence-electron chi connectivity index (χ1n) is 8.93. The first kappa shape index (κ1) is 20.8. The van der Waals surface area contributed by atoms with E-state index in [2.05, 4.69) is 64.2 Å². The summed E-state index contributed by atoms with van der Waals surface area (Å²) in [5.41, 5.74) is 1.56. The summed E-state index contributed by atoms with van der Waals surface area (Å²) in [5.74, 6) is 1.34. The molecule has 1 amide bonds. The summed E-state index contributed by atoms with van der Waals surface area (Å²) in [4.78, 5) is 17.6. The van der Waals surface area contributed by atoms with Crippen LogP contribution in [-0.4, -0.2) is 31.4 Å². The quantitative estimate of drug-likeness (QED) is 0.392. The van der Waals surface area contributed by atoms with Gasteiger partial charge in [0.2, 0.25) is 5.91 Å². The van der Waals surface area contributed by atoms with Crippen molar-refractivity contribution in [3.8, 4) is 11.4 Å². The van der Waals surface area contributed by atoms with Crippen molar-refractivity contribution in [2.75, 3.05) is 11.1 Å². The predicted octanol–water partition coefficient (Wildman–Crippen LogP) is 5.49. The number of thioether (sulfide) groups is 1. The molecule has 3 aromatic heterocycles. The van der Waals surface area contributed by atoms with Gasteiger partial charge in [0.15, 0.2) is 16.1 Å². The molecule has 6 nitrogen and oxygen atoms in total. The lowest BCUT2D eigenvalue weighted by Crippen LogP contribution is -2.15. The van der Waals surface area contributed by atoms with Crippen molar-refractivity contribution in [3.63, 3.8) is 0 Å². The zero-order valence-electron chi connectivity index (χ0n) is 16.1. The number of aromatic nitrogens is 4. The number of nitrogens with zero attached hydrogens (tertiary/aromatic N) is 4. The smallest absolute Gasteiger partial charge is 0.234 e. The van der Waals surface area contributed by atoms with E-state index in [0.29, 0.717) is 11.6 Å². The Labute approximate surface area is 177 Å². The Morgan fingerprint density at radius 3 is 2.75 bits per heavy atom. The fourth-order valence-electron chi connectivity index (χ4n) is 2.61. The molecular weight excluding hydrogens is 414 g/mol. The second-order valence-corrected chi connectivity index (χ2v) is 9.08. The molecule has 0 saturated carbocycles. The number of halogens is 1. The van der Waals surface area contributed by atoms with Gasteiger partial charge in [-0.15, -0.1) is 21.5 Å². The third kappa shape index (κ3) is 4.74. The Balaban J connectivity index is 1.74. The van der Waals surface area contributed by atoms with Crippen LogP contribution in [-0.2, 0) is 4.79 Å². The van der Waals surface area contributed by atoms with E-state index < -0.39 is 0 Å². The second-order valence-electron chi connectivity index (χ2n) is 6.84. The van der Waals surface area contributed by atoms with Crippen molar-refractivity contribution in [2.45, 2.75) is 44.8 Å². The molecule has 3 heterocycles. The number of rotatable bonds is 7. The highest BCUT2D eigenvalue weighted by atomic mass is 35.5. The van der Waals surface area contributed by atoms with Gasteiger partial charge >= 0.3 is 0 Å². The Hall–Kier alpha value is -1.90. The molecule has 0 aromatic carbocycles. The van der Waals surface area contributed by atoms with Gasteiger partial charge in [-0.3, -0.25) is 9.36 Å². The first-order valence-corrected chi connectivity index (χ1v) is 11.2. The van der Waals surface area contributed by atoms with Gasteiger partial charge in [0.05, 0.1) is 11.4 Å². The van der Waals surface area contributed by atoms with Crippen molar-refractivity contribution in [1.29, 1.82) is 0 Å². The lowest BCUT2D eigenvalue weighted by molar-refractivity contribution is -0.113. The maximum Gasteiger partial charge on any atom is 0.234 e. The molecule has 148 valence electrons. The number of amides is 1. The van der Waals surface area contributed by atoms with Crippen LogP contribution in [0.5, 0.6) is 0 Å². The molecule has 1 N–H and O–H groups in total. The molecule has 0 atom stereocenters. The van der Waals surface area contributed by atoms with E-state index in [9.17, 15) is 4.79 Å². The van der Waals surface area contributed by atoms with Gasteiger partial charge < -0.3 is 5.32 Å². The average Bonchev–Trinajstić information content (AvgIpc) is 3.28. The molecule has 0 aliphatic carbocycles. The van der Waals surface area contributed by atoms with Crippen LogP contribution in [0.1, 0.15) is 44.5 Å². The van der Waals surface area contributed by atoms with Crippen molar-refractivity contribution >= 4 is 46.3 Å². The molecule has 0 aliphatic heterocycles. The average molecular weight is 436 g/mol. The molecule has 9 heteroatoms. The summed E-state index contributed by atoms with van der Waals surface area (Å²) in [5, 5.41) is 14.6. The standard InChI is InChI=1S/C19H22ClN5OS2/c1-11(2)15-8-13(9-27-15)18-23-24-19(25(18)12(3)4)28-10-16(26)22-14-6-5-7-21-17(14)20/h5-9,11-12H,10H2,1-4H3,(H,22,26). The van der Waals surface area contributed by atoms with E-state index >= 15 is 0 Å². The van der Waals surface area contributed by atoms with Gasteiger partial charge in [-0.25, -0.2) is 4.98 Å². The highest BCUT2D eigenvalue weighted by Gasteiger charge is 2.19. The molecule has 3 rings (SSSR count). The Bertz CT molecular complexity index is 967. The maximum absolute atomic E-state index is 12.3. The van der Waals surface area contributed by atoms with Gasteiger partial charge in [-0.05, 0) is 38.0 Å². The highest BCUT2D eigenvalue weighted by Crippen LogP contribution is 2.32. The maximum atomic E-state index is 12.3. The number of hydrogen-bond donors (Lipinski definition) is 1. The minimum Gasteiger partial charge on any atom is -0.323 e. The van der Waals surface area contributed by atoms with Crippen molar-refractivity contribution in [2.24, 2.45) is 0 Å². The molecule has 0 radical (unpaired) electrons. The van der Waals surface area contributed by atoms with Crippen LogP contribution < -0.4 is 5.32 Å². The number of pyridine rings is 1. The molecule has 0 saturated heterocycles. The lowest BCUT2D eigenvalue weighted by Gasteiger charge is -2.13. The van der Waals surface area contributed by atoms with E-state index in [4.69, 9.17) is 11.6 Å². The zero-order valence-corrected chi connectivity index (χ0v) is 18.5. The minimum atomic E-state index is -0.169. The fourth-order valence-corrected chi connectivity index (χ4v) is 4.54. The molecular formula is C19H22ClN5OS2. The number of carbonyl (C=O) groups is 1. The van der Waals surface area contributed by atoms with Crippen LogP contribution in [0.15, 0.2) is 34.9 Å². The summed E-state index contributed by atoms with van der Waals surface area (Å²) in [7, 11) is 0. The second kappa shape index (κ2) is 9.07. The number of carbonyl (C=O) groups excluding carboxylic acids is 1. The minimum absolute atomic E-state index is 0.169. The fraction of sp³-hybridized carbons (Fsp3) is 0.368. The zero-order chi connectivity index (χ0) is 20.3. The third-order valence-electron chi connectivity index (χ3n) is 3.99. The van der Waals surface area contributed by atoms with Crippen LogP contribution in [0.4, 0.5) is 5.69 Å². The highest BCUT2D eigenvalue weighted by molar-refractivity contribution is 7.99. The number of thiophene rings is 1. The van der Waals surface area contributed by atoms with Gasteiger partial charge in [-0.2, -0.15) is 0 Å². The lowest BCUT2D eigenvalue weighted by atomic mass is 10.1. The Morgan fingerprint density at radius 2 is 2.11 bits per heavy atom. The van der Waals surface area contributed by atoms with Gasteiger partial charge in [0, 0.05) is 28.1 Å². The predicted molar refractivity (Wildman–Crippen MR) is 116 cm³/mol. The molecule has 0 spiro atoms. The largest absolute Gasteiger partial charge is 0.323 e. The van der Waals surface area contributed by atoms with E-state index in [1.165, 1.54) is 16.6 Å². The van der Waals surface area contributed by atoms with Crippen molar-refractivity contribution in [1.82, 2.24) is 19.7 Å². The number of anilines is 1. The van der Waals surface area contributed by atoms with Crippen LogP contribution in [0.3, 0.4) is 0 Å². The van der Waals surface area contributed by atoms with Crippen LogP contribution >= 0.6 is 34.7 Å². The Kier molecular flexibility index (Phi) is 6.74. The van der Waals surface area contributed by atoms with Crippen molar-refractivity contribution in [3.05, 3.63) is 39.8 Å². The monoisotopic (exact) mass is 435 g/mol. The third-order valence-corrected chi connectivity index (χ3v) is 6.47. The van der Waals surface area contributed by atoms with E-state index in [-0.39, 0.29) is 22.9 Å². The molecule has 0 unspecified atom stereocenters. The summed E-state index contributed by atoms with van der Waals surface area (Å²) in [6.45, 7) is 8.53. The molecule has 28 heavy (non-hydrogen) atoms. The summed E-state index contributed by atoms with van der Waals surface area (Å²) in [6, 6.07) is 5.78. The summed E-state index contributed by atoms with van der Waals surface area (Å²) in [6.07, 6.45) is 1.58. The number of hydrogen-bond acceptors (Lipinski definition) is 6. The number of nitrogens with one attached hydrogen (secondary N) is 1. The normalized spacial score (nSPS) is 11.4. The molecule has 0 fully saturated rings. The summed E-state index contributed by atoms with van der Waals surface area (Å²) < 4.78 is 2.07. The molecule has 0 aliphatic rings. The van der Waals surface area contributed by atoms with Crippen LogP contribution in [0.25, 0.3) is 11.4 Å². The molecule has 3 aromatic rings. The Morgan fingerprint density at radius 1 is 1.32 bits per heavy atom. The van der Waals surface area contributed by atoms with Gasteiger partial charge in [0.1, 0.15) is 0 Å². The van der Waals surface area contributed by atoms with Gasteiger partial charge in [-0.1, -0.05) is 37.2 Å². The van der Waals surface area contributed by atoms with Crippen LogP contribution in [0, 0.1) is 0 Å². The van der Waals surface area contributed by atoms with E-state index in [0.717, 1.165) is 16.5 Å². The first-order chi connectivity index (χ1) is 13.4. The van der Waals surface area contributed by atoms with Crippen molar-refractivity contribution < 1.29 is 4.79 Å². The SMILES string of the molecule is CC(C)c1cc(-c2nnc(SCC(=O)Nc3cccnc3Cl)n2C(C)C)cs1.